The highest BCUT2D eigenvalue weighted by atomic mass is 127. The Morgan fingerprint density at radius 1 is 1.12 bits per heavy atom. The molecule has 3 heteroatoms. The molecule has 0 unspecified atom stereocenters. The molecule has 2 nitrogen and oxygen atoms in total. The zero-order valence-electron chi connectivity index (χ0n) is 9.41. The van der Waals surface area contributed by atoms with Crippen LogP contribution in [0.4, 0.5) is 5.69 Å². The highest BCUT2D eigenvalue weighted by molar-refractivity contribution is 14.1. The number of anilines is 1. The van der Waals surface area contributed by atoms with Crippen molar-refractivity contribution in [3.63, 3.8) is 0 Å². The molecule has 0 heterocycles. The monoisotopic (exact) mass is 337 g/mol. The van der Waals surface area contributed by atoms with Crippen LogP contribution in [0.2, 0.25) is 0 Å². The van der Waals surface area contributed by atoms with Gasteiger partial charge in [0.05, 0.1) is 0 Å². The Kier molecular flexibility index (Phi) is 3.47. The van der Waals surface area contributed by atoms with Crippen LogP contribution in [0.1, 0.15) is 21.5 Å². The number of benzene rings is 2. The van der Waals surface area contributed by atoms with E-state index in [1.165, 1.54) is 0 Å². The number of nitrogen functional groups attached to an aromatic ring is 1. The molecule has 0 aliphatic rings. The van der Waals surface area contributed by atoms with Gasteiger partial charge in [0.1, 0.15) is 0 Å². The van der Waals surface area contributed by atoms with Crippen molar-refractivity contribution in [2.75, 3.05) is 5.73 Å². The van der Waals surface area contributed by atoms with Gasteiger partial charge in [-0.3, -0.25) is 4.79 Å². The predicted octanol–water partition coefficient (Wildman–Crippen LogP) is 3.41. The minimum atomic E-state index is 0.0196. The zero-order valence-corrected chi connectivity index (χ0v) is 11.6. The minimum absolute atomic E-state index is 0.0196. The van der Waals surface area contributed by atoms with Crippen molar-refractivity contribution in [1.82, 2.24) is 0 Å². The molecule has 0 aliphatic carbocycles. The third kappa shape index (κ3) is 2.66. The number of carbonyl (C=O) groups excluding carboxylic acids is 1. The lowest BCUT2D eigenvalue weighted by Gasteiger charge is -2.06. The van der Waals surface area contributed by atoms with Crippen LogP contribution in [0.5, 0.6) is 0 Å². The topological polar surface area (TPSA) is 43.1 Å². The first kappa shape index (κ1) is 12.1. The number of carbonyl (C=O) groups is 1. The van der Waals surface area contributed by atoms with Crippen molar-refractivity contribution < 1.29 is 4.79 Å². The molecule has 0 atom stereocenters. The summed E-state index contributed by atoms with van der Waals surface area (Å²) in [5.74, 6) is 0.0196. The molecular weight excluding hydrogens is 325 g/mol. The maximum absolute atomic E-state index is 12.3. The van der Waals surface area contributed by atoms with Gasteiger partial charge >= 0.3 is 0 Å². The summed E-state index contributed by atoms with van der Waals surface area (Å²) in [5, 5.41) is 0. The first-order valence-electron chi connectivity index (χ1n) is 5.24. The van der Waals surface area contributed by atoms with Crippen molar-refractivity contribution in [2.24, 2.45) is 0 Å². The van der Waals surface area contributed by atoms with Gasteiger partial charge in [-0.1, -0.05) is 6.07 Å². The van der Waals surface area contributed by atoms with Crippen LogP contribution >= 0.6 is 22.6 Å². The Morgan fingerprint density at radius 3 is 2.41 bits per heavy atom. The molecule has 2 rings (SSSR count). The average Bonchev–Trinajstić information content (AvgIpc) is 2.32. The number of ketones is 1. The molecule has 0 saturated carbocycles. The Bertz CT molecular complexity index is 561. The standard InChI is InChI=1S/C14H12INO/c1-9-2-7-12(16)8-13(9)14(17)10-3-5-11(15)6-4-10/h2-8H,16H2,1H3. The molecular formula is C14H12INO. The summed E-state index contributed by atoms with van der Waals surface area (Å²) in [6.07, 6.45) is 0. The summed E-state index contributed by atoms with van der Waals surface area (Å²) < 4.78 is 1.11. The molecule has 2 N–H and O–H groups in total. The minimum Gasteiger partial charge on any atom is -0.399 e. The van der Waals surface area contributed by atoms with Gasteiger partial charge in [-0.2, -0.15) is 0 Å². The molecule has 0 radical (unpaired) electrons. The molecule has 2 aromatic rings. The molecule has 86 valence electrons. The van der Waals surface area contributed by atoms with E-state index in [0.29, 0.717) is 16.8 Å². The van der Waals surface area contributed by atoms with E-state index in [2.05, 4.69) is 22.6 Å². The molecule has 0 bridgehead atoms. The zero-order chi connectivity index (χ0) is 12.4. The predicted molar refractivity (Wildman–Crippen MR) is 78.2 cm³/mol. The first-order valence-corrected chi connectivity index (χ1v) is 6.32. The van der Waals surface area contributed by atoms with Gasteiger partial charge in [0.2, 0.25) is 0 Å². The lowest BCUT2D eigenvalue weighted by Crippen LogP contribution is -2.04. The Morgan fingerprint density at radius 2 is 1.76 bits per heavy atom. The number of aryl methyl sites for hydroxylation is 1. The molecule has 0 amide bonds. The molecule has 0 saturated heterocycles. The van der Waals surface area contributed by atoms with Crippen molar-refractivity contribution in [2.45, 2.75) is 6.92 Å². The van der Waals surface area contributed by atoms with Crippen LogP contribution in [0.15, 0.2) is 42.5 Å². The lowest BCUT2D eigenvalue weighted by atomic mass is 9.99. The normalized spacial score (nSPS) is 10.2. The summed E-state index contributed by atoms with van der Waals surface area (Å²) in [7, 11) is 0. The SMILES string of the molecule is Cc1ccc(N)cc1C(=O)c1ccc(I)cc1. The maximum Gasteiger partial charge on any atom is 0.193 e. The molecule has 0 spiro atoms. The second-order valence-electron chi connectivity index (χ2n) is 3.91. The van der Waals surface area contributed by atoms with Crippen LogP contribution in [0.25, 0.3) is 0 Å². The first-order chi connectivity index (χ1) is 8.08. The number of halogens is 1. The molecule has 0 aromatic heterocycles. The van der Waals surface area contributed by atoms with Crippen molar-refractivity contribution in [3.05, 3.63) is 62.7 Å². The lowest BCUT2D eigenvalue weighted by molar-refractivity contribution is 0.103. The van der Waals surface area contributed by atoms with Crippen molar-refractivity contribution in [1.29, 1.82) is 0 Å². The number of hydrogen-bond donors (Lipinski definition) is 1. The number of rotatable bonds is 2. The highest BCUT2D eigenvalue weighted by Crippen LogP contribution is 2.18. The van der Waals surface area contributed by atoms with Gasteiger partial charge in [0.15, 0.2) is 5.78 Å². The van der Waals surface area contributed by atoms with Gasteiger partial charge < -0.3 is 5.73 Å². The second-order valence-corrected chi connectivity index (χ2v) is 5.16. The smallest absolute Gasteiger partial charge is 0.193 e. The summed E-state index contributed by atoms with van der Waals surface area (Å²) in [6.45, 7) is 1.92. The van der Waals surface area contributed by atoms with E-state index in [-0.39, 0.29) is 5.78 Å². The van der Waals surface area contributed by atoms with Crippen LogP contribution in [-0.4, -0.2) is 5.78 Å². The fourth-order valence-electron chi connectivity index (χ4n) is 1.64. The van der Waals surface area contributed by atoms with Crippen molar-refractivity contribution in [3.8, 4) is 0 Å². The van der Waals surface area contributed by atoms with Crippen LogP contribution in [0, 0.1) is 10.5 Å². The van der Waals surface area contributed by atoms with E-state index in [4.69, 9.17) is 5.73 Å². The quantitative estimate of drug-likeness (QED) is 0.518. The average molecular weight is 337 g/mol. The van der Waals surface area contributed by atoms with Crippen LogP contribution in [-0.2, 0) is 0 Å². The fourth-order valence-corrected chi connectivity index (χ4v) is 2.00. The Labute approximate surface area is 114 Å². The van der Waals surface area contributed by atoms with Crippen molar-refractivity contribution >= 4 is 34.1 Å². The van der Waals surface area contributed by atoms with E-state index in [1.54, 1.807) is 12.1 Å². The van der Waals surface area contributed by atoms with E-state index < -0.39 is 0 Å². The third-order valence-electron chi connectivity index (χ3n) is 2.61. The highest BCUT2D eigenvalue weighted by Gasteiger charge is 2.11. The largest absolute Gasteiger partial charge is 0.399 e. The summed E-state index contributed by atoms with van der Waals surface area (Å²) in [6, 6.07) is 12.9. The molecule has 0 aliphatic heterocycles. The van der Waals surface area contributed by atoms with Gasteiger partial charge in [0.25, 0.3) is 0 Å². The number of hydrogen-bond acceptors (Lipinski definition) is 2. The summed E-state index contributed by atoms with van der Waals surface area (Å²) in [5.41, 5.74) is 8.64. The number of nitrogens with two attached hydrogens (primary N) is 1. The van der Waals surface area contributed by atoms with Gasteiger partial charge in [-0.25, -0.2) is 0 Å². The maximum atomic E-state index is 12.3. The van der Waals surface area contributed by atoms with E-state index in [0.717, 1.165) is 9.13 Å². The van der Waals surface area contributed by atoms with E-state index in [1.807, 2.05) is 37.3 Å². The van der Waals surface area contributed by atoms with E-state index >= 15 is 0 Å². The molecule has 2 aromatic carbocycles. The van der Waals surface area contributed by atoms with Gasteiger partial charge in [0, 0.05) is 20.4 Å². The van der Waals surface area contributed by atoms with Gasteiger partial charge in [-0.05, 0) is 71.5 Å². The molecule has 17 heavy (non-hydrogen) atoms. The van der Waals surface area contributed by atoms with E-state index in [9.17, 15) is 4.79 Å². The fraction of sp³-hybridized carbons (Fsp3) is 0.0714. The second kappa shape index (κ2) is 4.87. The van der Waals surface area contributed by atoms with Gasteiger partial charge in [-0.15, -0.1) is 0 Å². The summed E-state index contributed by atoms with van der Waals surface area (Å²) in [4.78, 5) is 12.3. The van der Waals surface area contributed by atoms with Crippen LogP contribution < -0.4 is 5.73 Å². The van der Waals surface area contributed by atoms with Crippen LogP contribution in [0.3, 0.4) is 0 Å². The Hall–Kier alpha value is -1.36. The summed E-state index contributed by atoms with van der Waals surface area (Å²) >= 11 is 2.22. The molecule has 0 fully saturated rings. The third-order valence-corrected chi connectivity index (χ3v) is 3.33. The Balaban J connectivity index is 2.43.